The molecule has 2 nitrogen and oxygen atoms in total. The number of thiazole rings is 1. The van der Waals surface area contributed by atoms with Crippen LogP contribution in [0.5, 0.6) is 0 Å². The second-order valence-electron chi connectivity index (χ2n) is 7.01. The Labute approximate surface area is 168 Å². The summed E-state index contributed by atoms with van der Waals surface area (Å²) in [6.45, 7) is 2.08. The van der Waals surface area contributed by atoms with Gasteiger partial charge < -0.3 is 5.11 Å². The van der Waals surface area contributed by atoms with E-state index in [-0.39, 0.29) is 0 Å². The van der Waals surface area contributed by atoms with Crippen molar-refractivity contribution in [3.05, 3.63) is 112 Å². The molecule has 0 saturated heterocycles. The van der Waals surface area contributed by atoms with Gasteiger partial charge in [0.2, 0.25) is 0 Å². The number of hydrogen-bond acceptors (Lipinski definition) is 3. The highest BCUT2D eigenvalue weighted by molar-refractivity contribution is 7.15. The molecule has 3 heteroatoms. The van der Waals surface area contributed by atoms with Crippen molar-refractivity contribution in [1.82, 2.24) is 4.98 Å². The van der Waals surface area contributed by atoms with Crippen LogP contribution in [-0.4, -0.2) is 10.1 Å². The standard InChI is InChI=1S/C25H19NOS/c1-17-23(26-24(28-17)18-10-4-2-5-11-18)22-16-19-12-8-9-15-21(19)25(22,27)20-13-6-3-7-14-20/h2-16,27H,1H3/t25-/m1/s1. The topological polar surface area (TPSA) is 33.1 Å². The van der Waals surface area contributed by atoms with Crippen LogP contribution in [0.4, 0.5) is 0 Å². The number of rotatable bonds is 3. The van der Waals surface area contributed by atoms with Gasteiger partial charge in [-0.15, -0.1) is 11.3 Å². The highest BCUT2D eigenvalue weighted by Crippen LogP contribution is 2.50. The summed E-state index contributed by atoms with van der Waals surface area (Å²) >= 11 is 1.67. The van der Waals surface area contributed by atoms with Gasteiger partial charge in [0.25, 0.3) is 0 Å². The fraction of sp³-hybridized carbons (Fsp3) is 0.0800. The Morgan fingerprint density at radius 1 is 0.821 bits per heavy atom. The lowest BCUT2D eigenvalue weighted by Gasteiger charge is -2.28. The van der Waals surface area contributed by atoms with Crippen LogP contribution in [0.3, 0.4) is 0 Å². The van der Waals surface area contributed by atoms with Crippen molar-refractivity contribution >= 4 is 23.0 Å². The van der Waals surface area contributed by atoms with Crippen LogP contribution in [0, 0.1) is 6.92 Å². The Balaban J connectivity index is 1.71. The molecule has 0 radical (unpaired) electrons. The predicted octanol–water partition coefficient (Wildman–Crippen LogP) is 5.91. The zero-order valence-electron chi connectivity index (χ0n) is 15.5. The minimum Gasteiger partial charge on any atom is -0.376 e. The van der Waals surface area contributed by atoms with Gasteiger partial charge in [-0.1, -0.05) is 84.9 Å². The molecular weight excluding hydrogens is 362 g/mol. The Morgan fingerprint density at radius 2 is 1.46 bits per heavy atom. The first-order valence-electron chi connectivity index (χ1n) is 9.31. The fourth-order valence-electron chi connectivity index (χ4n) is 3.94. The van der Waals surface area contributed by atoms with Crippen LogP contribution in [0.2, 0.25) is 0 Å². The van der Waals surface area contributed by atoms with E-state index >= 15 is 0 Å². The maximum atomic E-state index is 12.0. The predicted molar refractivity (Wildman–Crippen MR) is 116 cm³/mol. The first-order valence-corrected chi connectivity index (χ1v) is 10.1. The molecule has 0 fully saturated rings. The molecule has 3 aromatic carbocycles. The number of benzene rings is 3. The smallest absolute Gasteiger partial charge is 0.143 e. The van der Waals surface area contributed by atoms with E-state index < -0.39 is 5.60 Å². The first-order chi connectivity index (χ1) is 13.7. The molecule has 0 saturated carbocycles. The molecule has 1 heterocycles. The van der Waals surface area contributed by atoms with E-state index in [1.807, 2.05) is 66.7 Å². The third-order valence-corrected chi connectivity index (χ3v) is 6.32. The summed E-state index contributed by atoms with van der Waals surface area (Å²) in [7, 11) is 0. The van der Waals surface area contributed by atoms with Gasteiger partial charge in [0, 0.05) is 16.0 Å². The fourth-order valence-corrected chi connectivity index (χ4v) is 4.87. The molecule has 1 aliphatic carbocycles. The highest BCUT2D eigenvalue weighted by atomic mass is 32.1. The lowest BCUT2D eigenvalue weighted by atomic mass is 9.82. The third kappa shape index (κ3) is 2.55. The van der Waals surface area contributed by atoms with Crippen molar-refractivity contribution in [2.24, 2.45) is 0 Å². The molecule has 1 aliphatic rings. The molecule has 5 rings (SSSR count). The molecule has 4 aromatic rings. The summed E-state index contributed by atoms with van der Waals surface area (Å²) < 4.78 is 0. The van der Waals surface area contributed by atoms with E-state index in [0.717, 1.165) is 43.4 Å². The van der Waals surface area contributed by atoms with Crippen LogP contribution < -0.4 is 0 Å². The van der Waals surface area contributed by atoms with Crippen molar-refractivity contribution in [3.8, 4) is 10.6 Å². The second kappa shape index (κ2) is 6.55. The van der Waals surface area contributed by atoms with E-state index in [0.29, 0.717) is 0 Å². The summed E-state index contributed by atoms with van der Waals surface area (Å²) in [5, 5.41) is 13.0. The van der Waals surface area contributed by atoms with Crippen LogP contribution in [0.1, 0.15) is 27.3 Å². The van der Waals surface area contributed by atoms with Crippen LogP contribution in [0.25, 0.3) is 22.2 Å². The average molecular weight is 382 g/mol. The van der Waals surface area contributed by atoms with E-state index in [1.165, 1.54) is 0 Å². The number of aryl methyl sites for hydroxylation is 1. The van der Waals surface area contributed by atoms with Gasteiger partial charge >= 0.3 is 0 Å². The number of nitrogens with zero attached hydrogens (tertiary/aromatic N) is 1. The Hall–Kier alpha value is -3.01. The molecule has 0 amide bonds. The number of fused-ring (bicyclic) bond motifs is 1. The van der Waals surface area contributed by atoms with Crippen molar-refractivity contribution in [1.29, 1.82) is 0 Å². The summed E-state index contributed by atoms with van der Waals surface area (Å²) in [6.07, 6.45) is 2.08. The van der Waals surface area contributed by atoms with Crippen LogP contribution in [-0.2, 0) is 5.60 Å². The van der Waals surface area contributed by atoms with E-state index in [9.17, 15) is 5.11 Å². The maximum Gasteiger partial charge on any atom is 0.143 e. The lowest BCUT2D eigenvalue weighted by Crippen LogP contribution is -2.27. The third-order valence-electron chi connectivity index (χ3n) is 5.30. The lowest BCUT2D eigenvalue weighted by molar-refractivity contribution is 0.148. The molecule has 28 heavy (non-hydrogen) atoms. The molecule has 136 valence electrons. The number of hydrogen-bond donors (Lipinski definition) is 1. The zero-order valence-corrected chi connectivity index (χ0v) is 16.3. The van der Waals surface area contributed by atoms with E-state index in [4.69, 9.17) is 4.98 Å². The Kier molecular flexibility index (Phi) is 4.00. The zero-order chi connectivity index (χ0) is 19.1. The van der Waals surface area contributed by atoms with Gasteiger partial charge in [0.1, 0.15) is 10.6 Å². The van der Waals surface area contributed by atoms with Crippen LogP contribution in [0.15, 0.2) is 84.9 Å². The van der Waals surface area contributed by atoms with Crippen molar-refractivity contribution in [2.45, 2.75) is 12.5 Å². The molecule has 0 unspecified atom stereocenters. The summed E-state index contributed by atoms with van der Waals surface area (Å²) in [5.74, 6) is 0. The average Bonchev–Trinajstić information content (AvgIpc) is 3.28. The van der Waals surface area contributed by atoms with Gasteiger partial charge in [-0.3, -0.25) is 0 Å². The van der Waals surface area contributed by atoms with Gasteiger partial charge in [-0.25, -0.2) is 4.98 Å². The summed E-state index contributed by atoms with van der Waals surface area (Å²) in [4.78, 5) is 6.06. The second-order valence-corrected chi connectivity index (χ2v) is 8.21. The van der Waals surface area contributed by atoms with E-state index in [2.05, 4.69) is 31.2 Å². The molecule has 1 N–H and O–H groups in total. The Bertz CT molecular complexity index is 1180. The largest absolute Gasteiger partial charge is 0.376 e. The minimum absolute atomic E-state index is 0.843. The molecular formula is C25H19NOS. The molecule has 0 aliphatic heterocycles. The molecule has 1 aromatic heterocycles. The SMILES string of the molecule is Cc1sc(-c2ccccc2)nc1C1=Cc2ccccc2[C@]1(O)c1ccccc1. The van der Waals surface area contributed by atoms with Crippen LogP contribution >= 0.6 is 11.3 Å². The monoisotopic (exact) mass is 381 g/mol. The van der Waals surface area contributed by atoms with Crippen molar-refractivity contribution < 1.29 is 5.11 Å². The normalized spacial score (nSPS) is 18.0. The Morgan fingerprint density at radius 3 is 2.21 bits per heavy atom. The van der Waals surface area contributed by atoms with Crippen molar-refractivity contribution in [2.75, 3.05) is 0 Å². The van der Waals surface area contributed by atoms with Crippen molar-refractivity contribution in [3.63, 3.8) is 0 Å². The summed E-state index contributed by atoms with van der Waals surface area (Å²) in [6, 6.07) is 28.1. The highest BCUT2D eigenvalue weighted by Gasteiger charge is 2.43. The molecule has 0 bridgehead atoms. The first kappa shape index (κ1) is 17.1. The van der Waals surface area contributed by atoms with Gasteiger partial charge in [-0.05, 0) is 29.7 Å². The van der Waals surface area contributed by atoms with Gasteiger partial charge in [-0.2, -0.15) is 0 Å². The number of aromatic nitrogens is 1. The number of aliphatic hydroxyl groups is 1. The summed E-state index contributed by atoms with van der Waals surface area (Å²) in [5.41, 5.74) is 4.41. The minimum atomic E-state index is -1.20. The van der Waals surface area contributed by atoms with E-state index in [1.54, 1.807) is 11.3 Å². The quantitative estimate of drug-likeness (QED) is 0.479. The van der Waals surface area contributed by atoms with Gasteiger partial charge in [0.05, 0.1) is 5.69 Å². The maximum absolute atomic E-state index is 12.0. The van der Waals surface area contributed by atoms with Gasteiger partial charge in [0.15, 0.2) is 0 Å². The molecule has 1 atom stereocenters. The molecule has 0 spiro atoms.